The number of aromatic nitrogens is 3. The molecular formula is C20H26N8O2. The molecule has 1 aliphatic heterocycles. The average Bonchev–Trinajstić information content (AvgIpc) is 2.69. The van der Waals surface area contributed by atoms with Gasteiger partial charge in [0, 0.05) is 25.2 Å². The Kier molecular flexibility index (Phi) is 5.75. The summed E-state index contributed by atoms with van der Waals surface area (Å²) in [6.07, 6.45) is 8.19. The fourth-order valence-electron chi connectivity index (χ4n) is 3.67. The highest BCUT2D eigenvalue weighted by molar-refractivity contribution is 5.96. The maximum atomic E-state index is 12.2. The van der Waals surface area contributed by atoms with Crippen LogP contribution in [0, 0.1) is 0 Å². The number of carbonyl (C=O) groups is 2. The molecule has 0 aromatic carbocycles. The van der Waals surface area contributed by atoms with Crippen molar-refractivity contribution in [3.05, 3.63) is 35.9 Å². The summed E-state index contributed by atoms with van der Waals surface area (Å²) in [5, 5.41) is 6.35. The molecule has 1 aliphatic carbocycles. The summed E-state index contributed by atoms with van der Waals surface area (Å²) in [5.41, 5.74) is 12.6. The molecule has 2 atom stereocenters. The number of carbonyl (C=O) groups excluding carboxylic acids is 2. The first-order valence-corrected chi connectivity index (χ1v) is 10.2. The molecule has 2 aromatic heterocycles. The molecule has 2 amide bonds. The van der Waals surface area contributed by atoms with E-state index in [9.17, 15) is 9.59 Å². The van der Waals surface area contributed by atoms with Crippen LogP contribution in [0.2, 0.25) is 0 Å². The molecule has 6 N–H and O–H groups in total. The van der Waals surface area contributed by atoms with Gasteiger partial charge in [-0.15, -0.1) is 0 Å². The second-order valence-corrected chi connectivity index (χ2v) is 7.72. The van der Waals surface area contributed by atoms with E-state index >= 15 is 0 Å². The fraction of sp³-hybridized carbons (Fsp3) is 0.450. The van der Waals surface area contributed by atoms with E-state index in [2.05, 4.69) is 25.6 Å². The molecule has 2 aromatic rings. The SMILES string of the molecule is NC(=O)c1ncc(N[C@@H]2CCCC[C@@H]2N)nc1Nc1ccc(C(=O)N2CCC2)nc1. The molecule has 10 heteroatoms. The van der Waals surface area contributed by atoms with Gasteiger partial charge in [-0.25, -0.2) is 15.0 Å². The lowest BCUT2D eigenvalue weighted by Gasteiger charge is -2.30. The predicted molar refractivity (Wildman–Crippen MR) is 112 cm³/mol. The molecule has 0 radical (unpaired) electrons. The number of anilines is 3. The van der Waals surface area contributed by atoms with Gasteiger partial charge < -0.3 is 27.0 Å². The third-order valence-corrected chi connectivity index (χ3v) is 5.55. The van der Waals surface area contributed by atoms with Crippen molar-refractivity contribution in [1.82, 2.24) is 19.9 Å². The number of nitrogens with one attached hydrogen (secondary N) is 2. The van der Waals surface area contributed by atoms with Gasteiger partial charge in [-0.05, 0) is 31.4 Å². The number of hydrogen-bond acceptors (Lipinski definition) is 8. The summed E-state index contributed by atoms with van der Waals surface area (Å²) in [6.45, 7) is 1.53. The summed E-state index contributed by atoms with van der Waals surface area (Å²) in [4.78, 5) is 38.7. The van der Waals surface area contributed by atoms with Gasteiger partial charge in [0.25, 0.3) is 11.8 Å². The molecule has 3 heterocycles. The number of amides is 2. The summed E-state index contributed by atoms with van der Waals surface area (Å²) in [6, 6.07) is 3.51. The first-order chi connectivity index (χ1) is 14.5. The van der Waals surface area contributed by atoms with Gasteiger partial charge in [-0.3, -0.25) is 9.59 Å². The normalized spacial score (nSPS) is 20.9. The highest BCUT2D eigenvalue weighted by atomic mass is 16.2. The summed E-state index contributed by atoms with van der Waals surface area (Å²) in [5.74, 6) is -0.0354. The maximum Gasteiger partial charge on any atom is 0.272 e. The Morgan fingerprint density at radius 2 is 1.87 bits per heavy atom. The topological polar surface area (TPSA) is 152 Å². The summed E-state index contributed by atoms with van der Waals surface area (Å²) >= 11 is 0. The molecule has 10 nitrogen and oxygen atoms in total. The Morgan fingerprint density at radius 3 is 2.50 bits per heavy atom. The first kappa shape index (κ1) is 20.0. The van der Waals surface area contributed by atoms with Crippen molar-refractivity contribution in [3.8, 4) is 0 Å². The van der Waals surface area contributed by atoms with Gasteiger partial charge in [0.2, 0.25) is 0 Å². The van der Waals surface area contributed by atoms with Crippen molar-refractivity contribution in [3.63, 3.8) is 0 Å². The smallest absolute Gasteiger partial charge is 0.272 e. The molecule has 0 unspecified atom stereocenters. The van der Waals surface area contributed by atoms with Gasteiger partial charge >= 0.3 is 0 Å². The van der Waals surface area contributed by atoms with Crippen molar-refractivity contribution in [2.24, 2.45) is 11.5 Å². The molecule has 0 bridgehead atoms. The van der Waals surface area contributed by atoms with Crippen LogP contribution in [0.15, 0.2) is 24.5 Å². The van der Waals surface area contributed by atoms with Gasteiger partial charge in [-0.1, -0.05) is 12.8 Å². The van der Waals surface area contributed by atoms with Crippen molar-refractivity contribution < 1.29 is 9.59 Å². The van der Waals surface area contributed by atoms with Crippen LogP contribution in [0.3, 0.4) is 0 Å². The standard InChI is InChI=1S/C20H26N8O2/c21-13-4-1-2-5-14(13)26-16-11-24-17(18(22)29)19(27-16)25-12-6-7-15(23-10-12)20(30)28-8-3-9-28/h6-7,10-11,13-14H,1-5,8-9,21H2,(H2,22,29)(H2,25,26,27)/t13-,14+/m0/s1. The Hall–Kier alpha value is -3.27. The van der Waals surface area contributed by atoms with E-state index in [-0.39, 0.29) is 29.5 Å². The molecule has 1 saturated heterocycles. The number of primary amides is 1. The highest BCUT2D eigenvalue weighted by Gasteiger charge is 2.24. The lowest BCUT2D eigenvalue weighted by Crippen LogP contribution is -2.42. The zero-order valence-corrected chi connectivity index (χ0v) is 16.7. The zero-order chi connectivity index (χ0) is 21.1. The Balaban J connectivity index is 1.51. The molecule has 30 heavy (non-hydrogen) atoms. The van der Waals surface area contributed by atoms with E-state index < -0.39 is 5.91 Å². The van der Waals surface area contributed by atoms with E-state index in [1.54, 1.807) is 17.0 Å². The number of nitrogens with zero attached hydrogens (tertiary/aromatic N) is 4. The van der Waals surface area contributed by atoms with Crippen molar-refractivity contribution >= 4 is 29.1 Å². The lowest BCUT2D eigenvalue weighted by atomic mass is 9.91. The number of pyridine rings is 1. The highest BCUT2D eigenvalue weighted by Crippen LogP contribution is 2.23. The van der Waals surface area contributed by atoms with E-state index in [4.69, 9.17) is 11.5 Å². The number of hydrogen-bond donors (Lipinski definition) is 4. The second kappa shape index (κ2) is 8.62. The van der Waals surface area contributed by atoms with Crippen LogP contribution in [0.1, 0.15) is 53.1 Å². The Morgan fingerprint density at radius 1 is 1.07 bits per heavy atom. The van der Waals surface area contributed by atoms with E-state index in [1.165, 1.54) is 12.4 Å². The minimum Gasteiger partial charge on any atom is -0.364 e. The molecule has 2 fully saturated rings. The monoisotopic (exact) mass is 410 g/mol. The largest absolute Gasteiger partial charge is 0.364 e. The van der Waals surface area contributed by atoms with Crippen LogP contribution in [0.25, 0.3) is 0 Å². The summed E-state index contributed by atoms with van der Waals surface area (Å²) in [7, 11) is 0. The number of nitrogens with two attached hydrogens (primary N) is 2. The van der Waals surface area contributed by atoms with E-state index in [1.807, 2.05) is 0 Å². The predicted octanol–water partition coefficient (Wildman–Crippen LogP) is 1.24. The molecular weight excluding hydrogens is 384 g/mol. The fourth-order valence-corrected chi connectivity index (χ4v) is 3.67. The van der Waals surface area contributed by atoms with E-state index in [0.29, 0.717) is 17.2 Å². The summed E-state index contributed by atoms with van der Waals surface area (Å²) < 4.78 is 0. The third-order valence-electron chi connectivity index (χ3n) is 5.55. The third kappa shape index (κ3) is 4.33. The van der Waals surface area contributed by atoms with Gasteiger partial charge in [0.15, 0.2) is 11.5 Å². The van der Waals surface area contributed by atoms with Crippen LogP contribution in [0.5, 0.6) is 0 Å². The lowest BCUT2D eigenvalue weighted by molar-refractivity contribution is 0.0645. The quantitative estimate of drug-likeness (QED) is 0.555. The molecule has 1 saturated carbocycles. The van der Waals surface area contributed by atoms with Crippen LogP contribution < -0.4 is 22.1 Å². The van der Waals surface area contributed by atoms with E-state index in [0.717, 1.165) is 45.2 Å². The van der Waals surface area contributed by atoms with Gasteiger partial charge in [0.1, 0.15) is 11.5 Å². The van der Waals surface area contributed by atoms with Crippen LogP contribution in [-0.4, -0.2) is 56.8 Å². The first-order valence-electron chi connectivity index (χ1n) is 10.2. The van der Waals surface area contributed by atoms with Crippen LogP contribution in [-0.2, 0) is 0 Å². The minimum atomic E-state index is -0.691. The van der Waals surface area contributed by atoms with Gasteiger partial charge in [-0.2, -0.15) is 0 Å². The van der Waals surface area contributed by atoms with Crippen molar-refractivity contribution in [2.75, 3.05) is 23.7 Å². The number of rotatable bonds is 6. The molecule has 158 valence electrons. The number of likely N-dealkylation sites (tertiary alicyclic amines) is 1. The zero-order valence-electron chi connectivity index (χ0n) is 16.7. The van der Waals surface area contributed by atoms with Crippen molar-refractivity contribution in [1.29, 1.82) is 0 Å². The second-order valence-electron chi connectivity index (χ2n) is 7.72. The van der Waals surface area contributed by atoms with Crippen LogP contribution >= 0.6 is 0 Å². The maximum absolute atomic E-state index is 12.2. The molecule has 2 aliphatic rings. The molecule has 0 spiro atoms. The van der Waals surface area contributed by atoms with Crippen LogP contribution in [0.4, 0.5) is 17.3 Å². The average molecular weight is 410 g/mol. The Bertz CT molecular complexity index is 929. The van der Waals surface area contributed by atoms with Gasteiger partial charge in [0.05, 0.1) is 18.1 Å². The van der Waals surface area contributed by atoms with Crippen molar-refractivity contribution in [2.45, 2.75) is 44.2 Å². The minimum absolute atomic E-state index is 0.0224. The molecule has 4 rings (SSSR count). The Labute approximate surface area is 174 Å².